The van der Waals surface area contributed by atoms with Crippen molar-refractivity contribution in [3.63, 3.8) is 0 Å². The predicted molar refractivity (Wildman–Crippen MR) is 120 cm³/mol. The van der Waals surface area contributed by atoms with Gasteiger partial charge < -0.3 is 4.74 Å². The fourth-order valence-electron chi connectivity index (χ4n) is 2.79. The van der Waals surface area contributed by atoms with E-state index in [9.17, 15) is 5.11 Å². The second kappa shape index (κ2) is 13.6. The van der Waals surface area contributed by atoms with E-state index in [0.717, 1.165) is 67.5 Å². The first-order valence-corrected chi connectivity index (χ1v) is 11.7. The summed E-state index contributed by atoms with van der Waals surface area (Å²) in [4.78, 5) is 4.28. The molecule has 2 rings (SSSR count). The number of pyridine rings is 1. The first-order valence-electron chi connectivity index (χ1n) is 9.68. The van der Waals surface area contributed by atoms with Gasteiger partial charge in [-0.3, -0.25) is 4.98 Å². The Labute approximate surface area is 186 Å². The van der Waals surface area contributed by atoms with Crippen molar-refractivity contribution in [2.45, 2.75) is 38.2 Å². The molecule has 1 heterocycles. The van der Waals surface area contributed by atoms with Crippen molar-refractivity contribution in [1.82, 2.24) is 10.3 Å². The van der Waals surface area contributed by atoms with Crippen LogP contribution in [0.3, 0.4) is 0 Å². The van der Waals surface area contributed by atoms with E-state index in [1.54, 1.807) is 12.1 Å². The Morgan fingerprint density at radius 3 is 2.54 bits per heavy atom. The molecule has 2 aromatic rings. The molecule has 7 heteroatoms. The molecule has 0 aliphatic rings. The molecule has 154 valence electrons. The number of ether oxygens (including phenoxy) is 1. The topological polar surface area (TPSA) is 54.4 Å². The van der Waals surface area contributed by atoms with Gasteiger partial charge in [0.2, 0.25) is 0 Å². The number of halogens is 2. The van der Waals surface area contributed by atoms with Crippen molar-refractivity contribution < 1.29 is 9.84 Å². The van der Waals surface area contributed by atoms with Crippen molar-refractivity contribution in [2.75, 3.05) is 26.3 Å². The summed E-state index contributed by atoms with van der Waals surface area (Å²) >= 11 is 13.7. The van der Waals surface area contributed by atoms with Crippen LogP contribution in [0.15, 0.2) is 36.5 Å². The molecule has 0 radical (unpaired) electrons. The third kappa shape index (κ3) is 8.82. The fraction of sp³-hybridized carbons (Fsp3) is 0.476. The molecule has 2 unspecified atom stereocenters. The molecule has 28 heavy (non-hydrogen) atoms. The van der Waals surface area contributed by atoms with Gasteiger partial charge >= 0.3 is 127 Å². The molecule has 0 aliphatic heterocycles. The van der Waals surface area contributed by atoms with Gasteiger partial charge in [-0.1, -0.05) is 6.07 Å². The average Bonchev–Trinajstić information content (AvgIpc) is 2.70. The summed E-state index contributed by atoms with van der Waals surface area (Å²) in [7, 11) is 0. The molecule has 0 spiro atoms. The summed E-state index contributed by atoms with van der Waals surface area (Å²) < 4.78 is 6.57. The van der Waals surface area contributed by atoms with Crippen LogP contribution in [-0.2, 0) is 11.2 Å². The van der Waals surface area contributed by atoms with Gasteiger partial charge in [-0.05, 0) is 12.1 Å². The van der Waals surface area contributed by atoms with Crippen LogP contribution >= 0.6 is 23.2 Å². The van der Waals surface area contributed by atoms with Gasteiger partial charge in [-0.2, -0.15) is 0 Å². The Kier molecular flexibility index (Phi) is 11.5. The number of aromatic nitrogens is 1. The summed E-state index contributed by atoms with van der Waals surface area (Å²) in [6.45, 7) is 2.91. The summed E-state index contributed by atoms with van der Waals surface area (Å²) in [5.74, 6) is 0. The Hall–Kier alpha value is -0.612. The van der Waals surface area contributed by atoms with Crippen LogP contribution in [0.25, 0.3) is 0 Å². The van der Waals surface area contributed by atoms with E-state index in [0.29, 0.717) is 16.6 Å². The number of benzene rings is 1. The zero-order valence-corrected chi connectivity index (χ0v) is 20.0. The van der Waals surface area contributed by atoms with Gasteiger partial charge in [-0.25, -0.2) is 0 Å². The van der Waals surface area contributed by atoms with Gasteiger partial charge in [0.1, 0.15) is 0 Å². The normalized spacial score (nSPS) is 12.3. The number of aliphatic hydroxyl groups excluding tert-OH is 1. The number of nitrogens with zero attached hydrogens (tertiary/aromatic N) is 1. The second-order valence-corrected chi connectivity index (χ2v) is 8.74. The Bertz CT molecular complexity index is 681. The fourth-order valence-corrected chi connectivity index (χ4v) is 3.64. The van der Waals surface area contributed by atoms with Crippen molar-refractivity contribution in [3.05, 3.63) is 57.8 Å². The molecule has 0 saturated carbocycles. The molecule has 0 fully saturated rings. The van der Waals surface area contributed by atoms with Crippen LogP contribution in [0.2, 0.25) is 10.0 Å². The van der Waals surface area contributed by atoms with E-state index >= 15 is 0 Å². The van der Waals surface area contributed by atoms with Crippen LogP contribution in [0.4, 0.5) is 0 Å². The zero-order chi connectivity index (χ0) is 20.2. The average molecular weight is 487 g/mol. The molecular formula is C21H29AsCl2N2O2. The summed E-state index contributed by atoms with van der Waals surface area (Å²) in [5, 5.41) is 14.8. The van der Waals surface area contributed by atoms with Crippen molar-refractivity contribution >= 4 is 44.4 Å². The maximum atomic E-state index is 10.3. The molecule has 1 aromatic carbocycles. The standard InChI is InChI=1S/C21H29AsCl2N2O2/c22-21-18(23)13-16(14-19(21)24)20(27)15-25-9-4-1-2-6-11-28-12-8-17-7-3-5-10-26-17/h3,5,7,10,13-14,20,25,27H,1-2,4,6,8-9,11-12,15,22H2. The minimum absolute atomic E-state index is 0.498. The van der Waals surface area contributed by atoms with Gasteiger partial charge in [0.05, 0.1) is 6.61 Å². The molecule has 1 aromatic heterocycles. The molecule has 0 saturated heterocycles. The number of unbranched alkanes of at least 4 members (excludes halogenated alkanes) is 3. The minimum atomic E-state index is -0.601. The van der Waals surface area contributed by atoms with Crippen LogP contribution < -0.4 is 9.67 Å². The van der Waals surface area contributed by atoms with Gasteiger partial charge in [0.25, 0.3) is 0 Å². The maximum absolute atomic E-state index is 10.3. The SMILES string of the molecule is OC(CNCCCCCCOCCc1ccccn1)c1cc(Cl)c([AsH2])c(Cl)c1. The number of rotatable bonds is 13. The van der Waals surface area contributed by atoms with E-state index in [1.807, 2.05) is 24.4 Å². The first kappa shape index (κ1) is 23.7. The second-order valence-electron chi connectivity index (χ2n) is 6.72. The molecule has 0 bridgehead atoms. The molecule has 0 amide bonds. The number of hydrogen-bond donors (Lipinski definition) is 2. The van der Waals surface area contributed by atoms with Crippen LogP contribution in [0, 0.1) is 0 Å². The van der Waals surface area contributed by atoms with E-state index < -0.39 is 6.10 Å². The summed E-state index contributed by atoms with van der Waals surface area (Å²) in [6.07, 6.45) is 6.54. The first-order chi connectivity index (χ1) is 13.6. The van der Waals surface area contributed by atoms with Crippen LogP contribution in [0.5, 0.6) is 0 Å². The van der Waals surface area contributed by atoms with Gasteiger partial charge in [0.15, 0.2) is 0 Å². The van der Waals surface area contributed by atoms with Crippen LogP contribution in [-0.4, -0.2) is 53.2 Å². The molecule has 0 aliphatic carbocycles. The quantitative estimate of drug-likeness (QED) is 0.337. The van der Waals surface area contributed by atoms with Gasteiger partial charge in [0, 0.05) is 24.9 Å². The van der Waals surface area contributed by atoms with Crippen molar-refractivity contribution in [2.24, 2.45) is 0 Å². The van der Waals surface area contributed by atoms with E-state index in [4.69, 9.17) is 27.9 Å². The number of aliphatic hydroxyl groups is 1. The van der Waals surface area contributed by atoms with E-state index in [-0.39, 0.29) is 0 Å². The summed E-state index contributed by atoms with van der Waals surface area (Å²) in [6, 6.07) is 9.54. The molecule has 4 nitrogen and oxygen atoms in total. The Morgan fingerprint density at radius 2 is 1.82 bits per heavy atom. The zero-order valence-electron chi connectivity index (χ0n) is 16.0. The number of hydrogen-bond acceptors (Lipinski definition) is 4. The van der Waals surface area contributed by atoms with Crippen molar-refractivity contribution in [3.8, 4) is 0 Å². The van der Waals surface area contributed by atoms with Crippen molar-refractivity contribution in [1.29, 1.82) is 0 Å². The Morgan fingerprint density at radius 1 is 1.07 bits per heavy atom. The van der Waals surface area contributed by atoms with E-state index in [1.165, 1.54) is 16.9 Å². The summed E-state index contributed by atoms with van der Waals surface area (Å²) in [5.41, 5.74) is 1.83. The Balaban J connectivity index is 1.45. The number of nitrogens with one attached hydrogen (secondary N) is 1. The monoisotopic (exact) mass is 486 g/mol. The van der Waals surface area contributed by atoms with E-state index in [2.05, 4.69) is 10.3 Å². The third-order valence-electron chi connectivity index (χ3n) is 4.44. The third-order valence-corrected chi connectivity index (χ3v) is 7.14. The molecule has 2 atom stereocenters. The predicted octanol–water partition coefficient (Wildman–Crippen LogP) is 3.09. The molecule has 2 N–H and O–H groups in total. The van der Waals surface area contributed by atoms with Gasteiger partial charge in [-0.15, -0.1) is 0 Å². The van der Waals surface area contributed by atoms with Crippen LogP contribution in [0.1, 0.15) is 43.0 Å². The molecular weight excluding hydrogens is 458 g/mol.